The Labute approximate surface area is 186 Å². The molecule has 0 saturated carbocycles. The van der Waals surface area contributed by atoms with E-state index in [0.717, 1.165) is 49.7 Å². The maximum Gasteiger partial charge on any atom is 0.253 e. The van der Waals surface area contributed by atoms with E-state index in [1.807, 2.05) is 13.1 Å². The number of aromatic nitrogens is 2. The summed E-state index contributed by atoms with van der Waals surface area (Å²) in [5.74, 6) is -0.328. The van der Waals surface area contributed by atoms with Crippen molar-refractivity contribution in [3.63, 3.8) is 0 Å². The number of piperidine rings is 1. The first-order valence-corrected chi connectivity index (χ1v) is 10.8. The third kappa shape index (κ3) is 4.71. The molecule has 1 aromatic carbocycles. The average Bonchev–Trinajstić information content (AvgIpc) is 2.93. The van der Waals surface area contributed by atoms with Gasteiger partial charge in [0.2, 0.25) is 11.9 Å². The SMILES string of the molecule is C=CC(=O)N1CCCC(Nc2nc(Nc3ccc4c(c3)CCCN(C)C4=O)ncc2F)C1. The molecule has 0 spiro atoms. The Balaban J connectivity index is 1.48. The molecule has 2 aliphatic rings. The number of halogens is 1. The molecule has 0 radical (unpaired) electrons. The molecule has 1 aromatic heterocycles. The zero-order valence-electron chi connectivity index (χ0n) is 18.1. The largest absolute Gasteiger partial charge is 0.363 e. The number of nitrogens with zero attached hydrogens (tertiary/aromatic N) is 4. The van der Waals surface area contributed by atoms with E-state index in [0.29, 0.717) is 18.7 Å². The maximum absolute atomic E-state index is 14.4. The Kier molecular flexibility index (Phi) is 6.34. The Morgan fingerprint density at radius 3 is 2.97 bits per heavy atom. The third-order valence-electron chi connectivity index (χ3n) is 5.87. The number of hydrogen-bond acceptors (Lipinski definition) is 6. The van der Waals surface area contributed by atoms with Crippen molar-refractivity contribution in [2.24, 2.45) is 0 Å². The number of fused-ring (bicyclic) bond motifs is 1. The second-order valence-electron chi connectivity index (χ2n) is 8.19. The van der Waals surface area contributed by atoms with Gasteiger partial charge in [-0.05, 0) is 55.5 Å². The smallest absolute Gasteiger partial charge is 0.253 e. The molecule has 1 unspecified atom stereocenters. The van der Waals surface area contributed by atoms with Crippen molar-refractivity contribution in [1.82, 2.24) is 19.8 Å². The molecule has 4 rings (SSSR count). The zero-order valence-corrected chi connectivity index (χ0v) is 18.1. The highest BCUT2D eigenvalue weighted by molar-refractivity contribution is 5.96. The number of benzene rings is 1. The van der Waals surface area contributed by atoms with E-state index in [-0.39, 0.29) is 29.6 Å². The highest BCUT2D eigenvalue weighted by Gasteiger charge is 2.24. The number of carbonyl (C=O) groups excluding carboxylic acids is 2. The van der Waals surface area contributed by atoms with Crippen molar-refractivity contribution in [1.29, 1.82) is 0 Å². The molecule has 1 atom stereocenters. The van der Waals surface area contributed by atoms with Crippen molar-refractivity contribution in [3.8, 4) is 0 Å². The summed E-state index contributed by atoms with van der Waals surface area (Å²) in [5.41, 5.74) is 2.41. The van der Waals surface area contributed by atoms with Gasteiger partial charge in [-0.3, -0.25) is 9.59 Å². The van der Waals surface area contributed by atoms with E-state index in [9.17, 15) is 14.0 Å². The minimum absolute atomic E-state index is 0.0185. The van der Waals surface area contributed by atoms with Crippen LogP contribution < -0.4 is 10.6 Å². The van der Waals surface area contributed by atoms with Crippen LogP contribution in [0.1, 0.15) is 35.2 Å². The molecule has 3 heterocycles. The molecular formula is C23H27FN6O2. The van der Waals surface area contributed by atoms with Crippen LogP contribution in [0, 0.1) is 5.82 Å². The third-order valence-corrected chi connectivity index (χ3v) is 5.87. The molecule has 0 aliphatic carbocycles. The summed E-state index contributed by atoms with van der Waals surface area (Å²) in [6.45, 7) is 5.38. The van der Waals surface area contributed by atoms with E-state index in [2.05, 4.69) is 27.2 Å². The maximum atomic E-state index is 14.4. The fraction of sp³-hybridized carbons (Fsp3) is 0.391. The van der Waals surface area contributed by atoms with Gasteiger partial charge in [0, 0.05) is 44.0 Å². The molecule has 9 heteroatoms. The number of carbonyl (C=O) groups is 2. The van der Waals surface area contributed by atoms with Crippen LogP contribution in [-0.4, -0.2) is 64.3 Å². The van der Waals surface area contributed by atoms with Crippen LogP contribution in [0.25, 0.3) is 0 Å². The number of amides is 2. The summed E-state index contributed by atoms with van der Waals surface area (Å²) in [4.78, 5) is 36.1. The summed E-state index contributed by atoms with van der Waals surface area (Å²) in [6.07, 6.45) is 5.74. The number of rotatable bonds is 5. The predicted octanol–water partition coefficient (Wildman–Crippen LogP) is 2.97. The van der Waals surface area contributed by atoms with Gasteiger partial charge >= 0.3 is 0 Å². The van der Waals surface area contributed by atoms with Gasteiger partial charge in [0.25, 0.3) is 5.91 Å². The molecule has 168 valence electrons. The molecule has 2 aliphatic heterocycles. The Morgan fingerprint density at radius 2 is 2.16 bits per heavy atom. The molecule has 8 nitrogen and oxygen atoms in total. The lowest BCUT2D eigenvalue weighted by Crippen LogP contribution is -2.44. The second kappa shape index (κ2) is 9.33. The van der Waals surface area contributed by atoms with Crippen LogP contribution >= 0.6 is 0 Å². The first-order valence-electron chi connectivity index (χ1n) is 10.8. The van der Waals surface area contributed by atoms with Crippen molar-refractivity contribution in [2.45, 2.75) is 31.7 Å². The van der Waals surface area contributed by atoms with E-state index in [1.165, 1.54) is 6.08 Å². The zero-order chi connectivity index (χ0) is 22.7. The van der Waals surface area contributed by atoms with E-state index < -0.39 is 5.82 Å². The van der Waals surface area contributed by atoms with E-state index in [1.54, 1.807) is 21.9 Å². The minimum atomic E-state index is -0.557. The monoisotopic (exact) mass is 438 g/mol. The van der Waals surface area contributed by atoms with Crippen molar-refractivity contribution in [3.05, 3.63) is 54.0 Å². The number of hydrogen-bond donors (Lipinski definition) is 2. The van der Waals surface area contributed by atoms with Crippen LogP contribution in [0.2, 0.25) is 0 Å². The second-order valence-corrected chi connectivity index (χ2v) is 8.19. The molecule has 2 amide bonds. The number of aryl methyl sites for hydroxylation is 1. The topological polar surface area (TPSA) is 90.5 Å². The highest BCUT2D eigenvalue weighted by Crippen LogP contribution is 2.24. The predicted molar refractivity (Wildman–Crippen MR) is 120 cm³/mol. The van der Waals surface area contributed by atoms with Crippen molar-refractivity contribution >= 4 is 29.3 Å². The summed E-state index contributed by atoms with van der Waals surface area (Å²) in [5, 5.41) is 6.22. The standard InChI is InChI=1S/C23H27FN6O2/c1-3-20(31)30-11-5-7-17(14-30)26-21-19(24)13-25-23(28-21)27-16-8-9-18-15(12-16)6-4-10-29(2)22(18)32/h3,8-9,12-13,17H,1,4-7,10-11,14H2,2H3,(H2,25,26,27,28). The quantitative estimate of drug-likeness (QED) is 0.698. The first-order chi connectivity index (χ1) is 15.4. The lowest BCUT2D eigenvalue weighted by molar-refractivity contribution is -0.127. The fourth-order valence-corrected chi connectivity index (χ4v) is 4.18. The summed E-state index contributed by atoms with van der Waals surface area (Å²) in [7, 11) is 1.81. The van der Waals surface area contributed by atoms with Crippen molar-refractivity contribution < 1.29 is 14.0 Å². The molecule has 1 saturated heterocycles. The molecule has 2 aromatic rings. The first kappa shape index (κ1) is 21.7. The van der Waals surface area contributed by atoms with Gasteiger partial charge in [0.15, 0.2) is 11.6 Å². The molecule has 2 N–H and O–H groups in total. The van der Waals surface area contributed by atoms with Crippen LogP contribution in [0.15, 0.2) is 37.1 Å². The summed E-state index contributed by atoms with van der Waals surface area (Å²) in [6, 6.07) is 5.42. The summed E-state index contributed by atoms with van der Waals surface area (Å²) >= 11 is 0. The van der Waals surface area contributed by atoms with Crippen LogP contribution in [0.4, 0.5) is 21.8 Å². The number of anilines is 3. The number of nitrogens with one attached hydrogen (secondary N) is 2. The van der Waals surface area contributed by atoms with Gasteiger partial charge in [-0.15, -0.1) is 0 Å². The fourth-order valence-electron chi connectivity index (χ4n) is 4.18. The molecule has 32 heavy (non-hydrogen) atoms. The van der Waals surface area contributed by atoms with Crippen LogP contribution in [-0.2, 0) is 11.2 Å². The normalized spacial score (nSPS) is 18.6. The highest BCUT2D eigenvalue weighted by atomic mass is 19.1. The Bertz CT molecular complexity index is 1040. The van der Waals surface area contributed by atoms with Gasteiger partial charge in [0.05, 0.1) is 6.20 Å². The van der Waals surface area contributed by atoms with Gasteiger partial charge in [0.1, 0.15) is 0 Å². The lowest BCUT2D eigenvalue weighted by atomic mass is 10.0. The average molecular weight is 439 g/mol. The van der Waals surface area contributed by atoms with Gasteiger partial charge in [-0.2, -0.15) is 4.98 Å². The van der Waals surface area contributed by atoms with Gasteiger partial charge in [-0.1, -0.05) is 6.58 Å². The van der Waals surface area contributed by atoms with Crippen molar-refractivity contribution in [2.75, 3.05) is 37.3 Å². The molecular weight excluding hydrogens is 411 g/mol. The molecule has 0 bridgehead atoms. The minimum Gasteiger partial charge on any atom is -0.363 e. The van der Waals surface area contributed by atoms with Gasteiger partial charge in [-0.25, -0.2) is 9.37 Å². The Hall–Kier alpha value is -3.49. The van der Waals surface area contributed by atoms with Crippen LogP contribution in [0.3, 0.4) is 0 Å². The van der Waals surface area contributed by atoms with E-state index >= 15 is 0 Å². The van der Waals surface area contributed by atoms with E-state index in [4.69, 9.17) is 0 Å². The Morgan fingerprint density at radius 1 is 1.31 bits per heavy atom. The van der Waals surface area contributed by atoms with Crippen LogP contribution in [0.5, 0.6) is 0 Å². The summed E-state index contributed by atoms with van der Waals surface area (Å²) < 4.78 is 14.4. The van der Waals surface area contributed by atoms with Gasteiger partial charge < -0.3 is 20.4 Å². The molecule has 1 fully saturated rings. The number of likely N-dealkylation sites (tertiary alicyclic amines) is 1. The lowest BCUT2D eigenvalue weighted by Gasteiger charge is -2.32.